The highest BCUT2D eigenvalue weighted by Crippen LogP contribution is 2.30. The summed E-state index contributed by atoms with van der Waals surface area (Å²) in [6.07, 6.45) is 0. The number of aryl methyl sites for hydroxylation is 1. The van der Waals surface area contributed by atoms with E-state index in [1.807, 2.05) is 48.9 Å². The van der Waals surface area contributed by atoms with Crippen molar-refractivity contribution in [3.8, 4) is 0 Å². The molecule has 1 heterocycles. The summed E-state index contributed by atoms with van der Waals surface area (Å²) in [6, 6.07) is 9.32. The van der Waals surface area contributed by atoms with Gasteiger partial charge < -0.3 is 15.2 Å². The number of anilines is 2. The third-order valence-corrected chi connectivity index (χ3v) is 4.00. The number of benzene rings is 1. The molecule has 25 heavy (non-hydrogen) atoms. The molecule has 0 fully saturated rings. The highest BCUT2D eigenvalue weighted by atomic mass is 17.2. The molecule has 6 heteroatoms. The molecule has 0 aliphatic heterocycles. The predicted molar refractivity (Wildman–Crippen MR) is 99.7 cm³/mol. The first-order valence-corrected chi connectivity index (χ1v) is 8.21. The van der Waals surface area contributed by atoms with E-state index in [4.69, 9.17) is 9.78 Å². The monoisotopic (exact) mass is 345 g/mol. The zero-order valence-electron chi connectivity index (χ0n) is 15.8. The largest absolute Gasteiger partial charge is 0.347 e. The fourth-order valence-electron chi connectivity index (χ4n) is 2.68. The van der Waals surface area contributed by atoms with Gasteiger partial charge in [-0.05, 0) is 25.1 Å². The number of rotatable bonds is 5. The number of carbonyl (C=O) groups is 1. The Hall–Kier alpha value is -2.31. The molecular weight excluding hydrogens is 318 g/mol. The van der Waals surface area contributed by atoms with E-state index in [2.05, 4.69) is 31.4 Å². The van der Waals surface area contributed by atoms with Gasteiger partial charge in [0.2, 0.25) is 0 Å². The van der Waals surface area contributed by atoms with Crippen LogP contribution in [-0.4, -0.2) is 17.7 Å². The van der Waals surface area contributed by atoms with Gasteiger partial charge in [0.1, 0.15) is 6.61 Å². The summed E-state index contributed by atoms with van der Waals surface area (Å²) >= 11 is 0. The molecule has 0 bridgehead atoms. The number of carbonyl (C=O) groups excluding carboxylic acids is 1. The molecule has 0 atom stereocenters. The van der Waals surface area contributed by atoms with E-state index >= 15 is 0 Å². The maximum absolute atomic E-state index is 12.4. The quantitative estimate of drug-likeness (QED) is 0.625. The first-order valence-electron chi connectivity index (χ1n) is 8.21. The third-order valence-electron chi connectivity index (χ3n) is 4.00. The van der Waals surface area contributed by atoms with Crippen molar-refractivity contribution < 1.29 is 14.6 Å². The van der Waals surface area contributed by atoms with Crippen LogP contribution in [0.4, 0.5) is 16.2 Å². The number of aromatic nitrogens is 1. The summed E-state index contributed by atoms with van der Waals surface area (Å²) in [4.78, 5) is 22.2. The van der Waals surface area contributed by atoms with Crippen molar-refractivity contribution in [3.05, 3.63) is 47.3 Å². The standard InChI is InChI=1S/C19H27N3O3/c1-13-7-9-14(10-8-13)20-18(23)21-15-11-17(19(2,3)4)22(5)16(15)12-25-24-6/h7-11H,12H2,1-6H3,(H2,20,21,23). The second kappa shape index (κ2) is 7.72. The minimum atomic E-state index is -0.298. The Morgan fingerprint density at radius 2 is 1.80 bits per heavy atom. The average Bonchev–Trinajstić information content (AvgIpc) is 2.83. The van der Waals surface area contributed by atoms with Crippen molar-refractivity contribution in [2.75, 3.05) is 17.7 Å². The normalized spacial score (nSPS) is 11.4. The van der Waals surface area contributed by atoms with Gasteiger partial charge in [0.05, 0.1) is 18.5 Å². The molecule has 2 aromatic rings. The van der Waals surface area contributed by atoms with Crippen molar-refractivity contribution in [1.29, 1.82) is 0 Å². The van der Waals surface area contributed by atoms with Gasteiger partial charge in [-0.1, -0.05) is 38.5 Å². The van der Waals surface area contributed by atoms with Crippen LogP contribution in [0, 0.1) is 6.92 Å². The van der Waals surface area contributed by atoms with E-state index in [0.29, 0.717) is 5.69 Å². The molecule has 2 rings (SSSR count). The molecule has 0 aliphatic carbocycles. The molecule has 6 nitrogen and oxygen atoms in total. The zero-order chi connectivity index (χ0) is 18.6. The SMILES string of the molecule is COOCc1c(NC(=O)Nc2ccc(C)cc2)cc(C(C)(C)C)n1C. The molecule has 0 aliphatic rings. The molecule has 0 spiro atoms. The first-order chi connectivity index (χ1) is 11.7. The summed E-state index contributed by atoms with van der Waals surface area (Å²) in [5.74, 6) is 0. The number of hydrogen-bond acceptors (Lipinski definition) is 3. The van der Waals surface area contributed by atoms with Crippen molar-refractivity contribution in [2.45, 2.75) is 39.7 Å². The lowest BCUT2D eigenvalue weighted by molar-refractivity contribution is -0.283. The Morgan fingerprint density at radius 1 is 1.16 bits per heavy atom. The summed E-state index contributed by atoms with van der Waals surface area (Å²) in [5, 5.41) is 5.75. The van der Waals surface area contributed by atoms with E-state index in [1.54, 1.807) is 0 Å². The molecule has 0 radical (unpaired) electrons. The van der Waals surface area contributed by atoms with Gasteiger partial charge in [-0.25, -0.2) is 14.6 Å². The molecule has 0 saturated heterocycles. The van der Waals surface area contributed by atoms with Crippen LogP contribution in [-0.2, 0) is 28.8 Å². The molecule has 0 saturated carbocycles. The van der Waals surface area contributed by atoms with Crippen LogP contribution in [0.15, 0.2) is 30.3 Å². The number of urea groups is 1. The Morgan fingerprint density at radius 3 is 2.36 bits per heavy atom. The second-order valence-electron chi connectivity index (χ2n) is 7.07. The lowest BCUT2D eigenvalue weighted by Crippen LogP contribution is -2.20. The number of nitrogens with one attached hydrogen (secondary N) is 2. The number of amides is 2. The zero-order valence-corrected chi connectivity index (χ0v) is 15.8. The lowest BCUT2D eigenvalue weighted by atomic mass is 9.92. The number of hydrogen-bond donors (Lipinski definition) is 2. The van der Waals surface area contributed by atoms with Gasteiger partial charge in [0, 0.05) is 23.8 Å². The van der Waals surface area contributed by atoms with E-state index < -0.39 is 0 Å². The first kappa shape index (κ1) is 19.0. The van der Waals surface area contributed by atoms with Crippen molar-refractivity contribution in [3.63, 3.8) is 0 Å². The van der Waals surface area contributed by atoms with Gasteiger partial charge in [0.25, 0.3) is 0 Å². The van der Waals surface area contributed by atoms with Crippen LogP contribution in [0.1, 0.15) is 37.7 Å². The van der Waals surface area contributed by atoms with E-state index in [1.165, 1.54) is 7.11 Å². The van der Waals surface area contributed by atoms with Crippen LogP contribution in [0.3, 0.4) is 0 Å². The molecule has 0 unspecified atom stereocenters. The van der Waals surface area contributed by atoms with Crippen molar-refractivity contribution in [2.24, 2.45) is 7.05 Å². The average molecular weight is 345 g/mol. The molecule has 2 amide bonds. The van der Waals surface area contributed by atoms with Crippen LogP contribution in [0.2, 0.25) is 0 Å². The van der Waals surface area contributed by atoms with Crippen molar-refractivity contribution >= 4 is 17.4 Å². The highest BCUT2D eigenvalue weighted by molar-refractivity contribution is 6.00. The Balaban J connectivity index is 2.21. The molecule has 136 valence electrons. The maximum Gasteiger partial charge on any atom is 0.323 e. The van der Waals surface area contributed by atoms with Crippen LogP contribution < -0.4 is 10.6 Å². The number of nitrogens with zero attached hydrogens (tertiary/aromatic N) is 1. The molecule has 1 aromatic carbocycles. The Labute approximate surface area is 149 Å². The highest BCUT2D eigenvalue weighted by Gasteiger charge is 2.23. The van der Waals surface area contributed by atoms with Crippen molar-refractivity contribution in [1.82, 2.24) is 4.57 Å². The topological polar surface area (TPSA) is 64.5 Å². The smallest absolute Gasteiger partial charge is 0.323 e. The third kappa shape index (κ3) is 4.84. The summed E-state index contributed by atoms with van der Waals surface area (Å²) in [5.41, 5.74) is 4.45. The summed E-state index contributed by atoms with van der Waals surface area (Å²) < 4.78 is 2.03. The van der Waals surface area contributed by atoms with Crippen LogP contribution in [0.25, 0.3) is 0 Å². The summed E-state index contributed by atoms with van der Waals surface area (Å²) in [6.45, 7) is 8.62. The van der Waals surface area contributed by atoms with E-state index in [9.17, 15) is 4.79 Å². The van der Waals surface area contributed by atoms with Crippen LogP contribution >= 0.6 is 0 Å². The van der Waals surface area contributed by atoms with E-state index in [0.717, 1.165) is 22.6 Å². The summed E-state index contributed by atoms with van der Waals surface area (Å²) in [7, 11) is 3.42. The molecule has 1 aromatic heterocycles. The van der Waals surface area contributed by atoms with Gasteiger partial charge in [-0.2, -0.15) is 0 Å². The fraction of sp³-hybridized carbons (Fsp3) is 0.421. The van der Waals surface area contributed by atoms with Gasteiger partial charge in [0.15, 0.2) is 0 Å². The minimum Gasteiger partial charge on any atom is -0.347 e. The Kier molecular flexibility index (Phi) is 5.87. The molecule has 2 N–H and O–H groups in total. The fourth-order valence-corrected chi connectivity index (χ4v) is 2.68. The second-order valence-corrected chi connectivity index (χ2v) is 7.07. The van der Waals surface area contributed by atoms with Gasteiger partial charge >= 0.3 is 6.03 Å². The molecular formula is C19H27N3O3. The maximum atomic E-state index is 12.4. The van der Waals surface area contributed by atoms with Gasteiger partial charge in [-0.3, -0.25) is 0 Å². The van der Waals surface area contributed by atoms with E-state index in [-0.39, 0.29) is 18.1 Å². The lowest BCUT2D eigenvalue weighted by Gasteiger charge is -2.20. The van der Waals surface area contributed by atoms with Gasteiger partial charge in [-0.15, -0.1) is 0 Å². The predicted octanol–water partition coefficient (Wildman–Crippen LogP) is 4.35. The minimum absolute atomic E-state index is 0.0655. The Bertz CT molecular complexity index is 728. The van der Waals surface area contributed by atoms with Crippen LogP contribution in [0.5, 0.6) is 0 Å².